The van der Waals surface area contributed by atoms with Gasteiger partial charge in [-0.25, -0.2) is 9.17 Å². The van der Waals surface area contributed by atoms with Crippen LogP contribution in [0, 0.1) is 0 Å². The lowest BCUT2D eigenvalue weighted by molar-refractivity contribution is 0.241. The van der Waals surface area contributed by atoms with E-state index in [4.69, 9.17) is 4.18 Å². The van der Waals surface area contributed by atoms with Crippen LogP contribution < -0.4 is 4.90 Å². The quantitative estimate of drug-likeness (QED) is 0.393. The number of azo groups is 1. The van der Waals surface area contributed by atoms with E-state index in [1.807, 2.05) is 55.5 Å². The van der Waals surface area contributed by atoms with Crippen LogP contribution in [0.2, 0.25) is 0 Å². The lowest BCUT2D eigenvalue weighted by Crippen LogP contribution is -2.25. The maximum atomic E-state index is 11.2. The summed E-state index contributed by atoms with van der Waals surface area (Å²) in [7, 11) is -2.81. The summed E-state index contributed by atoms with van der Waals surface area (Å²) in [5.41, 5.74) is 3.47. The molecule has 0 fully saturated rings. The van der Waals surface area contributed by atoms with Gasteiger partial charge in [0.1, 0.15) is 0 Å². The molecule has 0 atom stereocenters. The van der Waals surface area contributed by atoms with E-state index < -0.39 is 10.4 Å². The number of aromatic amines is 1. The highest BCUT2D eigenvalue weighted by atomic mass is 32.3. The van der Waals surface area contributed by atoms with Gasteiger partial charge in [-0.05, 0) is 49.7 Å². The number of benzene rings is 2. The lowest BCUT2D eigenvalue weighted by atomic mass is 10.2. The van der Waals surface area contributed by atoms with Crippen molar-refractivity contribution in [3.63, 3.8) is 0 Å². The molecule has 0 aliphatic heterocycles. The summed E-state index contributed by atoms with van der Waals surface area (Å²) in [6, 6.07) is 15.3. The minimum Gasteiger partial charge on any atom is -0.372 e. The normalized spacial score (nSPS) is 12.1. The number of anilines is 1. The van der Waals surface area contributed by atoms with E-state index in [0.717, 1.165) is 30.4 Å². The van der Waals surface area contributed by atoms with Gasteiger partial charge in [0.2, 0.25) is 5.95 Å². The molecule has 3 aromatic rings. The monoisotopic (exact) mass is 417 g/mol. The molecule has 0 aliphatic carbocycles. The number of aromatic nitrogens is 2. The first kappa shape index (κ1) is 20.9. The first-order chi connectivity index (χ1) is 14.0. The van der Waals surface area contributed by atoms with Gasteiger partial charge in [-0.3, -0.25) is 4.18 Å². The van der Waals surface area contributed by atoms with Crippen LogP contribution in [-0.4, -0.2) is 45.2 Å². The summed E-state index contributed by atoms with van der Waals surface area (Å²) in [4.78, 5) is 9.58. The summed E-state index contributed by atoms with van der Waals surface area (Å²) < 4.78 is 31.3. The molecule has 3 rings (SSSR count). The van der Waals surface area contributed by atoms with Crippen LogP contribution in [-0.2, 0) is 18.8 Å². The van der Waals surface area contributed by atoms with Crippen molar-refractivity contribution >= 4 is 38.8 Å². The molecular formula is C19H23N5O4S. The molecule has 0 unspecified atom stereocenters. The van der Waals surface area contributed by atoms with Crippen molar-refractivity contribution in [2.45, 2.75) is 13.3 Å². The second-order valence-electron chi connectivity index (χ2n) is 6.12. The number of nitrogens with zero attached hydrogens (tertiary/aromatic N) is 4. The van der Waals surface area contributed by atoms with Crippen molar-refractivity contribution in [3.05, 3.63) is 48.5 Å². The fourth-order valence-corrected chi connectivity index (χ4v) is 3.17. The molecule has 1 N–H and O–H groups in total. The van der Waals surface area contributed by atoms with Crippen molar-refractivity contribution in [1.82, 2.24) is 9.97 Å². The van der Waals surface area contributed by atoms with Gasteiger partial charge in [-0.15, -0.1) is 10.2 Å². The summed E-state index contributed by atoms with van der Waals surface area (Å²) in [6.07, 6.45) is 0.546. The van der Waals surface area contributed by atoms with Crippen LogP contribution >= 0.6 is 0 Å². The molecule has 10 heteroatoms. The third kappa shape index (κ3) is 5.83. The number of rotatable bonds is 10. The number of hydrogen-bond acceptors (Lipinski definition) is 8. The molecule has 1 heterocycles. The van der Waals surface area contributed by atoms with Gasteiger partial charge >= 0.3 is 10.4 Å². The zero-order valence-electron chi connectivity index (χ0n) is 16.3. The average Bonchev–Trinajstić information content (AvgIpc) is 3.16. The van der Waals surface area contributed by atoms with E-state index in [0.29, 0.717) is 24.6 Å². The van der Waals surface area contributed by atoms with Gasteiger partial charge in [0, 0.05) is 18.8 Å². The molecule has 0 amide bonds. The fourth-order valence-electron chi connectivity index (χ4n) is 2.76. The highest BCUT2D eigenvalue weighted by molar-refractivity contribution is 7.81. The van der Waals surface area contributed by atoms with Crippen LogP contribution in [0.5, 0.6) is 0 Å². The Bertz CT molecular complexity index is 1030. The van der Waals surface area contributed by atoms with E-state index in [1.165, 1.54) is 0 Å². The first-order valence-corrected chi connectivity index (χ1v) is 10.5. The number of H-pyrrole nitrogens is 1. The molecule has 9 nitrogen and oxygen atoms in total. The Morgan fingerprint density at radius 3 is 2.55 bits per heavy atom. The van der Waals surface area contributed by atoms with E-state index in [-0.39, 0.29) is 6.61 Å². The number of para-hydroxylation sites is 2. The summed E-state index contributed by atoms with van der Waals surface area (Å²) in [5, 5.41) is 8.38. The Hall–Kier alpha value is -2.82. The van der Waals surface area contributed by atoms with Gasteiger partial charge in [0.05, 0.1) is 30.4 Å². The summed E-state index contributed by atoms with van der Waals surface area (Å²) in [5.74, 6) is 0.455. The second-order valence-corrected chi connectivity index (χ2v) is 7.51. The summed E-state index contributed by atoms with van der Waals surface area (Å²) in [6.45, 7) is 3.52. The lowest BCUT2D eigenvalue weighted by Gasteiger charge is -2.23. The van der Waals surface area contributed by atoms with Crippen molar-refractivity contribution < 1.29 is 16.8 Å². The van der Waals surface area contributed by atoms with Crippen LogP contribution in [0.25, 0.3) is 11.0 Å². The molecule has 0 saturated heterocycles. The number of fused-ring (bicyclic) bond motifs is 1. The van der Waals surface area contributed by atoms with Gasteiger partial charge in [0.15, 0.2) is 0 Å². The smallest absolute Gasteiger partial charge is 0.372 e. The third-order valence-electron chi connectivity index (χ3n) is 4.24. The van der Waals surface area contributed by atoms with Crippen molar-refractivity contribution in [1.29, 1.82) is 0 Å². The predicted octanol–water partition coefficient (Wildman–Crippen LogP) is 4.10. The molecule has 0 bridgehead atoms. The van der Waals surface area contributed by atoms with E-state index >= 15 is 0 Å². The van der Waals surface area contributed by atoms with Gasteiger partial charge in [-0.1, -0.05) is 12.1 Å². The average molecular weight is 417 g/mol. The Kier molecular flexibility index (Phi) is 6.91. The largest absolute Gasteiger partial charge is 0.399 e. The van der Waals surface area contributed by atoms with E-state index in [2.05, 4.69) is 29.3 Å². The van der Waals surface area contributed by atoms with E-state index in [9.17, 15) is 8.42 Å². The third-order valence-corrected chi connectivity index (χ3v) is 5.10. The topological polar surface area (TPSA) is 109 Å². The predicted molar refractivity (Wildman–Crippen MR) is 111 cm³/mol. The van der Waals surface area contributed by atoms with Crippen LogP contribution in [0.3, 0.4) is 0 Å². The Balaban J connectivity index is 1.57. The number of imidazole rings is 1. The molecule has 1 aromatic heterocycles. The van der Waals surface area contributed by atoms with Gasteiger partial charge in [0.25, 0.3) is 0 Å². The molecule has 0 radical (unpaired) electrons. The minimum atomic E-state index is -3.88. The second kappa shape index (κ2) is 9.59. The SMILES string of the molecule is CCN(CCCOS(=O)(=O)OC)c1ccc(N=Nc2nc3ccccc3[nH]2)cc1. The van der Waals surface area contributed by atoms with E-state index in [1.54, 1.807) is 0 Å². The summed E-state index contributed by atoms with van der Waals surface area (Å²) >= 11 is 0. The Morgan fingerprint density at radius 2 is 1.86 bits per heavy atom. The molecule has 29 heavy (non-hydrogen) atoms. The van der Waals surface area contributed by atoms with Crippen LogP contribution in [0.15, 0.2) is 58.8 Å². The minimum absolute atomic E-state index is 0.0659. The maximum Gasteiger partial charge on any atom is 0.399 e. The van der Waals surface area contributed by atoms with Gasteiger partial charge in [-0.2, -0.15) is 8.42 Å². The molecule has 0 aliphatic rings. The van der Waals surface area contributed by atoms with Crippen molar-refractivity contribution in [2.75, 3.05) is 31.7 Å². The molecular weight excluding hydrogens is 394 g/mol. The molecule has 154 valence electrons. The zero-order valence-corrected chi connectivity index (χ0v) is 17.1. The fraction of sp³-hybridized carbons (Fsp3) is 0.316. The highest BCUT2D eigenvalue weighted by Gasteiger charge is 2.09. The maximum absolute atomic E-state index is 11.2. The standard InChI is InChI=1S/C19H23N5O4S/c1-3-24(13-6-14-28-29(25,26)27-2)16-11-9-15(10-12-16)22-23-19-20-17-7-4-5-8-18(17)21-19/h4-5,7-12H,3,6,13-14H2,1-2H3,(H,20,21). The molecule has 0 spiro atoms. The highest BCUT2D eigenvalue weighted by Crippen LogP contribution is 2.22. The first-order valence-electron chi connectivity index (χ1n) is 9.17. The molecule has 0 saturated carbocycles. The number of hydrogen-bond donors (Lipinski definition) is 1. The zero-order chi connectivity index (χ0) is 20.7. The van der Waals surface area contributed by atoms with Crippen molar-refractivity contribution in [2.24, 2.45) is 10.2 Å². The number of nitrogens with one attached hydrogen (secondary N) is 1. The van der Waals surface area contributed by atoms with Crippen LogP contribution in [0.1, 0.15) is 13.3 Å². The van der Waals surface area contributed by atoms with Crippen LogP contribution in [0.4, 0.5) is 17.3 Å². The van der Waals surface area contributed by atoms with Crippen molar-refractivity contribution in [3.8, 4) is 0 Å². The Morgan fingerprint density at radius 1 is 1.10 bits per heavy atom. The molecule has 2 aromatic carbocycles. The van der Waals surface area contributed by atoms with Gasteiger partial charge < -0.3 is 9.88 Å². The Labute approximate surface area is 169 Å².